The molecule has 1 aromatic rings. The van der Waals surface area contributed by atoms with Crippen molar-refractivity contribution in [1.82, 2.24) is 0 Å². The van der Waals surface area contributed by atoms with Gasteiger partial charge in [0.2, 0.25) is 0 Å². The number of sulfone groups is 1. The summed E-state index contributed by atoms with van der Waals surface area (Å²) >= 11 is 0. The third-order valence-electron chi connectivity index (χ3n) is 2.09. The highest BCUT2D eigenvalue weighted by atomic mass is 32.2. The molecule has 0 spiro atoms. The normalized spacial score (nSPS) is 11.1. The second-order valence-corrected chi connectivity index (χ2v) is 5.47. The molecule has 0 aliphatic rings. The van der Waals surface area contributed by atoms with E-state index in [1.165, 1.54) is 18.2 Å². The molecule has 4 nitrogen and oxygen atoms in total. The second-order valence-electron chi connectivity index (χ2n) is 3.19. The van der Waals surface area contributed by atoms with Crippen LogP contribution in [0.3, 0.4) is 0 Å². The van der Waals surface area contributed by atoms with Crippen molar-refractivity contribution in [2.75, 3.05) is 12.4 Å². The van der Waals surface area contributed by atoms with E-state index in [1.807, 2.05) is 0 Å². The molecule has 0 fully saturated rings. The first-order chi connectivity index (χ1) is 7.53. The first-order valence-corrected chi connectivity index (χ1v) is 6.64. The molecule has 88 valence electrons. The average molecular weight is 242 g/mol. The maximum atomic E-state index is 11.7. The van der Waals surface area contributed by atoms with Crippen molar-refractivity contribution in [3.63, 3.8) is 0 Å². The lowest BCUT2D eigenvalue weighted by Crippen LogP contribution is -2.05. The minimum Gasteiger partial charge on any atom is -0.494 e. The molecule has 0 radical (unpaired) electrons. The van der Waals surface area contributed by atoms with Gasteiger partial charge < -0.3 is 4.74 Å². The van der Waals surface area contributed by atoms with Crippen molar-refractivity contribution in [3.05, 3.63) is 23.8 Å². The van der Waals surface area contributed by atoms with Crippen molar-refractivity contribution in [2.24, 2.45) is 0 Å². The molecular weight excluding hydrogens is 228 g/mol. The Morgan fingerprint density at radius 1 is 1.25 bits per heavy atom. The minimum absolute atomic E-state index is 0.000869. The summed E-state index contributed by atoms with van der Waals surface area (Å²) in [5, 5.41) is 0. The zero-order valence-electron chi connectivity index (χ0n) is 9.26. The van der Waals surface area contributed by atoms with Crippen molar-refractivity contribution < 1.29 is 17.9 Å². The highest BCUT2D eigenvalue weighted by Crippen LogP contribution is 2.21. The van der Waals surface area contributed by atoms with Gasteiger partial charge in [0.05, 0.1) is 17.3 Å². The fraction of sp³-hybridized carbons (Fsp3) is 0.364. The monoisotopic (exact) mass is 242 g/mol. The van der Waals surface area contributed by atoms with E-state index in [-0.39, 0.29) is 10.6 Å². The van der Waals surface area contributed by atoms with Crippen LogP contribution in [0.4, 0.5) is 0 Å². The van der Waals surface area contributed by atoms with Crippen LogP contribution in [-0.4, -0.2) is 27.1 Å². The molecule has 1 aromatic carbocycles. The number of carbonyl (C=O) groups excluding carboxylic acids is 1. The van der Waals surface area contributed by atoms with Crippen molar-refractivity contribution >= 4 is 16.1 Å². The quantitative estimate of drug-likeness (QED) is 0.737. The van der Waals surface area contributed by atoms with Crippen LogP contribution in [0.1, 0.15) is 24.2 Å². The predicted octanol–water partition coefficient (Wildman–Crippen LogP) is 1.69. The van der Waals surface area contributed by atoms with Gasteiger partial charge in [0, 0.05) is 5.56 Å². The van der Waals surface area contributed by atoms with E-state index in [2.05, 4.69) is 0 Å². The Morgan fingerprint density at radius 3 is 2.44 bits per heavy atom. The van der Waals surface area contributed by atoms with Crippen LogP contribution in [0.2, 0.25) is 0 Å². The lowest BCUT2D eigenvalue weighted by molar-refractivity contribution is 0.112. The number of rotatable bonds is 5. The molecule has 16 heavy (non-hydrogen) atoms. The number of hydrogen-bond donors (Lipinski definition) is 0. The molecule has 0 bridgehead atoms. The van der Waals surface area contributed by atoms with Crippen LogP contribution in [0.15, 0.2) is 23.1 Å². The van der Waals surface area contributed by atoms with E-state index in [0.717, 1.165) is 0 Å². The van der Waals surface area contributed by atoms with E-state index in [9.17, 15) is 13.2 Å². The minimum atomic E-state index is -3.31. The lowest BCUT2D eigenvalue weighted by Gasteiger charge is -2.07. The molecule has 0 aliphatic heterocycles. The maximum Gasteiger partial charge on any atom is 0.178 e. The third kappa shape index (κ3) is 2.82. The smallest absolute Gasteiger partial charge is 0.178 e. The largest absolute Gasteiger partial charge is 0.494 e. The fourth-order valence-corrected chi connectivity index (χ4v) is 2.20. The highest BCUT2D eigenvalue weighted by Gasteiger charge is 2.14. The Bertz CT molecular complexity index is 477. The molecule has 0 amide bonds. The standard InChI is InChI=1S/C11H14O4S/c1-3-15-10-5-9(8-12)6-11(7-10)16(13,14)4-2/h5-8H,3-4H2,1-2H3. The van der Waals surface area contributed by atoms with Crippen molar-refractivity contribution in [1.29, 1.82) is 0 Å². The summed E-state index contributed by atoms with van der Waals surface area (Å²) in [4.78, 5) is 10.8. The molecule has 0 N–H and O–H groups in total. The number of aldehydes is 1. The van der Waals surface area contributed by atoms with E-state index in [1.54, 1.807) is 13.8 Å². The first kappa shape index (κ1) is 12.7. The van der Waals surface area contributed by atoms with E-state index in [4.69, 9.17) is 4.74 Å². The SMILES string of the molecule is CCOc1cc(C=O)cc(S(=O)(=O)CC)c1. The van der Waals surface area contributed by atoms with Gasteiger partial charge in [-0.25, -0.2) is 8.42 Å². The average Bonchev–Trinajstić information content (AvgIpc) is 2.29. The zero-order chi connectivity index (χ0) is 12.2. The molecule has 0 saturated carbocycles. The van der Waals surface area contributed by atoms with E-state index < -0.39 is 9.84 Å². The predicted molar refractivity (Wildman–Crippen MR) is 60.7 cm³/mol. The summed E-state index contributed by atoms with van der Waals surface area (Å²) in [6.07, 6.45) is 0.608. The molecule has 1 rings (SSSR count). The maximum absolute atomic E-state index is 11.7. The summed E-state index contributed by atoms with van der Waals surface area (Å²) < 4.78 is 28.5. The van der Waals surface area contributed by atoms with E-state index in [0.29, 0.717) is 24.2 Å². The van der Waals surface area contributed by atoms with Gasteiger partial charge in [0.25, 0.3) is 0 Å². The van der Waals surface area contributed by atoms with Gasteiger partial charge in [-0.15, -0.1) is 0 Å². The van der Waals surface area contributed by atoms with Crippen LogP contribution < -0.4 is 4.74 Å². The van der Waals surface area contributed by atoms with Crippen LogP contribution in [0, 0.1) is 0 Å². The highest BCUT2D eigenvalue weighted by molar-refractivity contribution is 7.91. The molecule has 0 aliphatic carbocycles. The number of carbonyl (C=O) groups is 1. The second kappa shape index (κ2) is 5.12. The third-order valence-corrected chi connectivity index (χ3v) is 3.80. The Balaban J connectivity index is 3.29. The van der Waals surface area contributed by atoms with Gasteiger partial charge in [0.15, 0.2) is 9.84 Å². The van der Waals surface area contributed by atoms with Gasteiger partial charge in [-0.2, -0.15) is 0 Å². The number of benzene rings is 1. The van der Waals surface area contributed by atoms with Gasteiger partial charge >= 0.3 is 0 Å². The lowest BCUT2D eigenvalue weighted by atomic mass is 10.2. The first-order valence-electron chi connectivity index (χ1n) is 4.99. The van der Waals surface area contributed by atoms with Gasteiger partial charge in [-0.05, 0) is 25.1 Å². The summed E-state index contributed by atoms with van der Waals surface area (Å²) in [6.45, 7) is 3.78. The van der Waals surface area contributed by atoms with Gasteiger partial charge in [-0.1, -0.05) is 6.92 Å². The fourth-order valence-electron chi connectivity index (χ4n) is 1.26. The molecule has 0 unspecified atom stereocenters. The van der Waals surface area contributed by atoms with E-state index >= 15 is 0 Å². The number of hydrogen-bond acceptors (Lipinski definition) is 4. The number of ether oxygens (including phenoxy) is 1. The molecule has 0 atom stereocenters. The zero-order valence-corrected chi connectivity index (χ0v) is 10.1. The summed E-state index contributed by atoms with van der Waals surface area (Å²) in [6, 6.07) is 4.31. The molecule has 5 heteroatoms. The Hall–Kier alpha value is -1.36. The molecule has 0 heterocycles. The Kier molecular flexibility index (Phi) is 4.06. The van der Waals surface area contributed by atoms with Gasteiger partial charge in [0.1, 0.15) is 12.0 Å². The molecule has 0 aromatic heterocycles. The summed E-state index contributed by atoms with van der Waals surface area (Å²) in [7, 11) is -3.31. The topological polar surface area (TPSA) is 60.4 Å². The molecular formula is C11H14O4S. The van der Waals surface area contributed by atoms with Crippen molar-refractivity contribution in [3.8, 4) is 5.75 Å². The summed E-state index contributed by atoms with van der Waals surface area (Å²) in [5.74, 6) is 0.403. The van der Waals surface area contributed by atoms with Crippen LogP contribution in [0.25, 0.3) is 0 Å². The molecule has 0 saturated heterocycles. The van der Waals surface area contributed by atoms with Crippen LogP contribution >= 0.6 is 0 Å². The summed E-state index contributed by atoms with van der Waals surface area (Å²) in [5.41, 5.74) is 0.304. The van der Waals surface area contributed by atoms with Crippen LogP contribution in [0.5, 0.6) is 5.75 Å². The van der Waals surface area contributed by atoms with Crippen LogP contribution in [-0.2, 0) is 9.84 Å². The Morgan fingerprint density at radius 2 is 1.94 bits per heavy atom. The van der Waals surface area contributed by atoms with Crippen molar-refractivity contribution in [2.45, 2.75) is 18.7 Å². The Labute approximate surface area is 95.2 Å². The van der Waals surface area contributed by atoms with Gasteiger partial charge in [-0.3, -0.25) is 4.79 Å².